The summed E-state index contributed by atoms with van der Waals surface area (Å²) in [4.78, 5) is 10.3. The lowest BCUT2D eigenvalue weighted by Gasteiger charge is -2.55. The predicted octanol–water partition coefficient (Wildman–Crippen LogP) is 7.41. The molecule has 2 heterocycles. The third kappa shape index (κ3) is 4.70. The van der Waals surface area contributed by atoms with Crippen LogP contribution in [0.2, 0.25) is 0 Å². The van der Waals surface area contributed by atoms with Gasteiger partial charge in [0.05, 0.1) is 29.9 Å². The second-order valence-electron chi connectivity index (χ2n) is 12.2. The van der Waals surface area contributed by atoms with Crippen LogP contribution in [0.3, 0.4) is 0 Å². The van der Waals surface area contributed by atoms with Gasteiger partial charge in [-0.05, 0) is 87.9 Å². The normalized spacial score (nSPS) is 34.6. The Hall–Kier alpha value is -3.58. The van der Waals surface area contributed by atoms with Gasteiger partial charge in [0.1, 0.15) is 11.8 Å². The molecule has 5 aliphatic carbocycles. The zero-order chi connectivity index (χ0) is 26.9. The topological polar surface area (TPSA) is 42.6 Å². The molecule has 204 valence electrons. The van der Waals surface area contributed by atoms with Crippen LogP contribution in [0.1, 0.15) is 64.2 Å². The quantitative estimate of drug-likeness (QED) is 0.357. The molecular weight excluding hydrogens is 488 g/mol. The van der Waals surface area contributed by atoms with Crippen LogP contribution in [0.5, 0.6) is 0 Å². The van der Waals surface area contributed by atoms with E-state index in [1.54, 1.807) is 11.3 Å². The first-order valence-electron chi connectivity index (χ1n) is 15.5. The number of allylic oxidation sites excluding steroid dienone is 10. The molecule has 0 aromatic heterocycles. The minimum Gasteiger partial charge on any atom is -0.358 e. The molecule has 0 amide bonds. The third-order valence-electron chi connectivity index (χ3n) is 9.87. The van der Waals surface area contributed by atoms with Crippen LogP contribution in [-0.4, -0.2) is 45.7 Å². The van der Waals surface area contributed by atoms with E-state index in [-0.39, 0.29) is 6.04 Å². The van der Waals surface area contributed by atoms with E-state index in [0.717, 1.165) is 38.5 Å². The molecule has 4 nitrogen and oxygen atoms in total. The van der Waals surface area contributed by atoms with E-state index < -0.39 is 0 Å². The molecule has 2 aliphatic heterocycles. The van der Waals surface area contributed by atoms with Crippen molar-refractivity contribution in [2.24, 2.45) is 10.9 Å². The minimum absolute atomic E-state index is 0.154. The van der Waals surface area contributed by atoms with Gasteiger partial charge in [-0.1, -0.05) is 78.5 Å². The molecule has 40 heavy (non-hydrogen) atoms. The van der Waals surface area contributed by atoms with E-state index in [9.17, 15) is 5.26 Å². The summed E-state index contributed by atoms with van der Waals surface area (Å²) in [6.45, 7) is 0. The van der Waals surface area contributed by atoms with Crippen molar-refractivity contribution in [1.82, 2.24) is 9.80 Å². The number of aliphatic imine (C=N–C) groups is 1. The van der Waals surface area contributed by atoms with Crippen molar-refractivity contribution >= 4 is 5.71 Å². The lowest BCUT2D eigenvalue weighted by molar-refractivity contribution is 0.0948. The van der Waals surface area contributed by atoms with E-state index >= 15 is 0 Å². The number of rotatable bonds is 4. The Morgan fingerprint density at radius 2 is 1.68 bits per heavy atom. The average Bonchev–Trinajstić information content (AvgIpc) is 3.04. The summed E-state index contributed by atoms with van der Waals surface area (Å²) >= 11 is 0. The van der Waals surface area contributed by atoms with Crippen LogP contribution < -0.4 is 0 Å². The maximum atomic E-state index is 9.38. The van der Waals surface area contributed by atoms with Gasteiger partial charge in [-0.25, -0.2) is 0 Å². The molecule has 0 N–H and O–H groups in total. The standard InChI is InChI=1S/C36H40N4/c37-25-29-14-10-18-32(38-29)28-13-8-11-26(23-28)27-12-9-17-31(24-27)40-35-21-6-4-19-33(35)39(30-15-2-1-3-16-30)34-20-5-7-22-36(34)40/h1-6,10,13-15,19-21,24,26,30-33,35H,7-9,11-12,16-18,22-23H2. The van der Waals surface area contributed by atoms with E-state index in [1.165, 1.54) is 37.0 Å². The summed E-state index contributed by atoms with van der Waals surface area (Å²) in [5.74, 6) is 0.604. The number of nitrogens with zero attached hydrogens (tertiary/aromatic N) is 4. The zero-order valence-electron chi connectivity index (χ0n) is 23.4. The van der Waals surface area contributed by atoms with E-state index in [2.05, 4.69) is 94.9 Å². The Labute approximate surface area is 239 Å². The summed E-state index contributed by atoms with van der Waals surface area (Å²) in [6, 6.07) is 3.97. The largest absolute Gasteiger partial charge is 0.358 e. The second-order valence-corrected chi connectivity index (χ2v) is 12.2. The van der Waals surface area contributed by atoms with Gasteiger partial charge in [-0.3, -0.25) is 4.99 Å². The summed E-state index contributed by atoms with van der Waals surface area (Å²) in [5, 5.41) is 9.38. The van der Waals surface area contributed by atoms with Gasteiger partial charge in [0, 0.05) is 11.7 Å². The first-order valence-corrected chi connectivity index (χ1v) is 15.5. The van der Waals surface area contributed by atoms with Crippen molar-refractivity contribution in [2.45, 2.75) is 94.4 Å². The smallest absolute Gasteiger partial charge is 0.135 e. The van der Waals surface area contributed by atoms with Crippen molar-refractivity contribution in [1.29, 1.82) is 5.26 Å². The van der Waals surface area contributed by atoms with E-state index in [1.807, 2.05) is 6.08 Å². The highest BCUT2D eigenvalue weighted by Gasteiger charge is 2.43. The number of hydrogen-bond acceptors (Lipinski definition) is 4. The number of dihydropyridines is 1. The summed E-state index contributed by atoms with van der Waals surface area (Å²) in [6.07, 6.45) is 43.9. The molecule has 0 spiro atoms. The molecule has 6 unspecified atom stereocenters. The molecule has 7 aliphatic rings. The number of nitriles is 1. The van der Waals surface area contributed by atoms with E-state index in [0.29, 0.717) is 35.8 Å². The lowest BCUT2D eigenvalue weighted by Crippen LogP contribution is -2.60. The third-order valence-corrected chi connectivity index (χ3v) is 9.87. The fraction of sp³-hybridized carbons (Fsp3) is 0.444. The minimum atomic E-state index is 0.154. The van der Waals surface area contributed by atoms with Gasteiger partial charge in [-0.2, -0.15) is 5.26 Å². The fourth-order valence-corrected chi connectivity index (χ4v) is 8.06. The molecular formula is C36H40N4. The molecule has 0 bridgehead atoms. The van der Waals surface area contributed by atoms with Gasteiger partial charge < -0.3 is 9.80 Å². The van der Waals surface area contributed by atoms with Crippen molar-refractivity contribution in [3.63, 3.8) is 0 Å². The molecule has 0 saturated heterocycles. The highest BCUT2D eigenvalue weighted by atomic mass is 15.3. The molecule has 0 radical (unpaired) electrons. The predicted molar refractivity (Wildman–Crippen MR) is 163 cm³/mol. The monoisotopic (exact) mass is 528 g/mol. The fourth-order valence-electron chi connectivity index (χ4n) is 8.06. The molecule has 6 atom stereocenters. The summed E-state index contributed by atoms with van der Waals surface area (Å²) in [7, 11) is 0. The van der Waals surface area contributed by atoms with Gasteiger partial charge in [-0.15, -0.1) is 0 Å². The van der Waals surface area contributed by atoms with Crippen LogP contribution in [0.25, 0.3) is 0 Å². The van der Waals surface area contributed by atoms with Crippen molar-refractivity contribution in [2.75, 3.05) is 0 Å². The van der Waals surface area contributed by atoms with Gasteiger partial charge in [0.2, 0.25) is 0 Å². The van der Waals surface area contributed by atoms with Crippen LogP contribution in [0.4, 0.5) is 0 Å². The summed E-state index contributed by atoms with van der Waals surface area (Å²) in [5.41, 5.74) is 6.68. The molecule has 7 rings (SSSR count). The van der Waals surface area contributed by atoms with Gasteiger partial charge in [0.25, 0.3) is 0 Å². The Kier molecular flexibility index (Phi) is 7.06. The average molecular weight is 529 g/mol. The Bertz CT molecular complexity index is 1370. The molecule has 0 aromatic rings. The Morgan fingerprint density at radius 1 is 0.800 bits per heavy atom. The molecule has 0 saturated carbocycles. The maximum Gasteiger partial charge on any atom is 0.135 e. The van der Waals surface area contributed by atoms with Gasteiger partial charge >= 0.3 is 0 Å². The van der Waals surface area contributed by atoms with Crippen molar-refractivity contribution in [3.8, 4) is 6.07 Å². The Balaban J connectivity index is 1.19. The highest BCUT2D eigenvalue weighted by molar-refractivity contribution is 6.07. The molecule has 0 fully saturated rings. The van der Waals surface area contributed by atoms with Crippen molar-refractivity contribution < 1.29 is 0 Å². The Morgan fingerprint density at radius 3 is 2.52 bits per heavy atom. The summed E-state index contributed by atoms with van der Waals surface area (Å²) < 4.78 is 0. The van der Waals surface area contributed by atoms with Gasteiger partial charge in [0.15, 0.2) is 0 Å². The number of hydrogen-bond donors (Lipinski definition) is 0. The van der Waals surface area contributed by atoms with Crippen molar-refractivity contribution in [3.05, 3.63) is 108 Å². The van der Waals surface area contributed by atoms with Crippen LogP contribution in [-0.2, 0) is 0 Å². The van der Waals surface area contributed by atoms with E-state index in [4.69, 9.17) is 4.99 Å². The second kappa shape index (κ2) is 11.1. The molecule has 0 aromatic carbocycles. The van der Waals surface area contributed by atoms with Crippen LogP contribution >= 0.6 is 0 Å². The number of fused-ring (bicyclic) bond motifs is 1. The first-order chi connectivity index (χ1) is 19.8. The van der Waals surface area contributed by atoms with Crippen LogP contribution in [0, 0.1) is 17.2 Å². The first kappa shape index (κ1) is 25.4. The van der Waals surface area contributed by atoms with Crippen LogP contribution in [0.15, 0.2) is 113 Å². The molecule has 4 heteroatoms. The maximum absolute atomic E-state index is 9.38. The SMILES string of the molecule is N#CC1=NC(C2=CCCC(C3=CC(N4C5=C(C=CCC5)N(C5C=CC=CC5)C5C=CC=CC54)CCC3)C2)CC=C1. The zero-order valence-corrected chi connectivity index (χ0v) is 23.4. The lowest BCUT2D eigenvalue weighted by atomic mass is 9.76. The highest BCUT2D eigenvalue weighted by Crippen LogP contribution is 2.44.